The molecule has 3 rings (SSSR count). The number of hydrogen-bond donors (Lipinski definition) is 2. The third kappa shape index (κ3) is 3.40. The third-order valence-corrected chi connectivity index (χ3v) is 6.22. The molecule has 3 N–H and O–H groups in total. The number of rotatable bonds is 5. The molecule has 128 valence electrons. The minimum Gasteiger partial charge on any atom is -0.478 e. The Morgan fingerprint density at radius 3 is 2.62 bits per heavy atom. The van der Waals surface area contributed by atoms with E-state index in [9.17, 15) is 9.90 Å². The fourth-order valence-electron chi connectivity index (χ4n) is 3.48. The van der Waals surface area contributed by atoms with Gasteiger partial charge in [0.15, 0.2) is 0 Å². The van der Waals surface area contributed by atoms with Crippen LogP contribution in [0.3, 0.4) is 0 Å². The van der Waals surface area contributed by atoms with E-state index >= 15 is 0 Å². The first-order valence-corrected chi connectivity index (χ1v) is 9.40. The Morgan fingerprint density at radius 2 is 2.00 bits per heavy atom. The number of aryl methyl sites for hydroxylation is 2. The molecule has 0 spiro atoms. The maximum atomic E-state index is 11.9. The third-order valence-electron chi connectivity index (χ3n) is 4.87. The summed E-state index contributed by atoms with van der Waals surface area (Å²) in [5.41, 5.74) is 9.60. The van der Waals surface area contributed by atoms with E-state index in [4.69, 9.17) is 5.73 Å². The number of hydrogen-bond acceptors (Lipinski definition) is 3. The first kappa shape index (κ1) is 17.2. The smallest absolute Gasteiger partial charge is 0.337 e. The standard InChI is InChI=1S/C20H25NO2S/c1-20(2)10-9-16-15(12-20)17(19(22)23)18(24-16)14-7-5-13(6-8-14)4-3-11-21/h5-8H,3-4,9-12,21H2,1-2H3,(H,22,23). The van der Waals surface area contributed by atoms with Crippen LogP contribution in [0.1, 0.15) is 53.1 Å². The fourth-order valence-corrected chi connectivity index (χ4v) is 4.79. The summed E-state index contributed by atoms with van der Waals surface area (Å²) in [5, 5.41) is 9.81. The van der Waals surface area contributed by atoms with Crippen LogP contribution in [-0.4, -0.2) is 17.6 Å². The van der Waals surface area contributed by atoms with Crippen molar-refractivity contribution >= 4 is 17.3 Å². The summed E-state index contributed by atoms with van der Waals surface area (Å²) in [6, 6.07) is 8.31. The number of carboxylic acids is 1. The molecule has 0 fully saturated rings. The van der Waals surface area contributed by atoms with Crippen LogP contribution in [-0.2, 0) is 19.3 Å². The summed E-state index contributed by atoms with van der Waals surface area (Å²) < 4.78 is 0. The second-order valence-electron chi connectivity index (χ2n) is 7.44. The van der Waals surface area contributed by atoms with Crippen molar-refractivity contribution in [2.45, 2.75) is 46.0 Å². The summed E-state index contributed by atoms with van der Waals surface area (Å²) in [6.45, 7) is 5.15. The van der Waals surface area contributed by atoms with Crippen LogP contribution in [0.4, 0.5) is 0 Å². The van der Waals surface area contributed by atoms with E-state index < -0.39 is 5.97 Å². The normalized spacial score (nSPS) is 16.0. The number of benzene rings is 1. The first-order chi connectivity index (χ1) is 11.4. The monoisotopic (exact) mass is 343 g/mol. The molecule has 4 heteroatoms. The minimum absolute atomic E-state index is 0.182. The molecule has 0 amide bonds. The van der Waals surface area contributed by atoms with Gasteiger partial charge in [-0.3, -0.25) is 0 Å². The van der Waals surface area contributed by atoms with Gasteiger partial charge in [0.25, 0.3) is 0 Å². The van der Waals surface area contributed by atoms with Crippen molar-refractivity contribution < 1.29 is 9.90 Å². The number of nitrogens with two attached hydrogens (primary N) is 1. The van der Waals surface area contributed by atoms with Crippen LogP contribution in [0, 0.1) is 5.41 Å². The summed E-state index contributed by atoms with van der Waals surface area (Å²) in [6.07, 6.45) is 4.91. The molecular weight excluding hydrogens is 318 g/mol. The zero-order valence-corrected chi connectivity index (χ0v) is 15.2. The molecular formula is C20H25NO2S. The molecule has 1 aliphatic carbocycles. The van der Waals surface area contributed by atoms with Gasteiger partial charge in [-0.1, -0.05) is 38.1 Å². The van der Waals surface area contributed by atoms with Crippen LogP contribution in [0.25, 0.3) is 10.4 Å². The van der Waals surface area contributed by atoms with Gasteiger partial charge in [-0.05, 0) is 60.8 Å². The molecule has 0 aliphatic heterocycles. The van der Waals surface area contributed by atoms with Crippen molar-refractivity contribution in [2.24, 2.45) is 11.1 Å². The lowest BCUT2D eigenvalue weighted by Gasteiger charge is -2.29. The molecule has 1 aliphatic rings. The molecule has 0 unspecified atom stereocenters. The minimum atomic E-state index is -0.799. The Bertz CT molecular complexity index is 744. The number of carboxylic acid groups (broad SMARTS) is 1. The number of aromatic carboxylic acids is 1. The maximum absolute atomic E-state index is 11.9. The molecule has 0 saturated carbocycles. The van der Waals surface area contributed by atoms with Crippen LogP contribution < -0.4 is 5.73 Å². The predicted octanol–water partition coefficient (Wildman–Crippen LogP) is 4.52. The Hall–Kier alpha value is -1.65. The van der Waals surface area contributed by atoms with E-state index in [1.807, 2.05) is 0 Å². The zero-order valence-electron chi connectivity index (χ0n) is 14.4. The highest BCUT2D eigenvalue weighted by Crippen LogP contribution is 2.45. The summed E-state index contributed by atoms with van der Waals surface area (Å²) in [4.78, 5) is 14.1. The van der Waals surface area contributed by atoms with E-state index in [0.29, 0.717) is 12.1 Å². The molecule has 2 aromatic rings. The second-order valence-corrected chi connectivity index (χ2v) is 8.55. The van der Waals surface area contributed by atoms with Crippen molar-refractivity contribution in [3.63, 3.8) is 0 Å². The van der Waals surface area contributed by atoms with Crippen LogP contribution >= 0.6 is 11.3 Å². The van der Waals surface area contributed by atoms with E-state index in [0.717, 1.165) is 48.1 Å². The maximum Gasteiger partial charge on any atom is 0.337 e. The van der Waals surface area contributed by atoms with Gasteiger partial charge in [0.05, 0.1) is 5.56 Å². The molecule has 1 heterocycles. The summed E-state index contributed by atoms with van der Waals surface area (Å²) in [7, 11) is 0. The summed E-state index contributed by atoms with van der Waals surface area (Å²) in [5.74, 6) is -0.799. The lowest BCUT2D eigenvalue weighted by Crippen LogP contribution is -2.22. The average molecular weight is 343 g/mol. The number of thiophene rings is 1. The largest absolute Gasteiger partial charge is 0.478 e. The van der Waals surface area contributed by atoms with Crippen molar-refractivity contribution in [3.05, 3.63) is 45.8 Å². The lowest BCUT2D eigenvalue weighted by atomic mass is 9.76. The van der Waals surface area contributed by atoms with Crippen molar-refractivity contribution in [1.29, 1.82) is 0 Å². The van der Waals surface area contributed by atoms with Gasteiger partial charge in [0, 0.05) is 9.75 Å². The fraction of sp³-hybridized carbons (Fsp3) is 0.450. The Labute approximate surface area is 147 Å². The van der Waals surface area contributed by atoms with E-state index in [1.54, 1.807) is 11.3 Å². The number of fused-ring (bicyclic) bond motifs is 1. The Morgan fingerprint density at radius 1 is 1.29 bits per heavy atom. The van der Waals surface area contributed by atoms with Crippen molar-refractivity contribution in [3.8, 4) is 10.4 Å². The summed E-state index contributed by atoms with van der Waals surface area (Å²) >= 11 is 1.67. The van der Waals surface area contributed by atoms with Gasteiger partial charge in [-0.15, -0.1) is 11.3 Å². The average Bonchev–Trinajstić information content (AvgIpc) is 2.90. The van der Waals surface area contributed by atoms with Crippen LogP contribution in [0.2, 0.25) is 0 Å². The Balaban J connectivity index is 1.99. The zero-order chi connectivity index (χ0) is 17.3. The van der Waals surface area contributed by atoms with E-state index in [2.05, 4.69) is 38.1 Å². The Kier molecular flexibility index (Phi) is 4.79. The quantitative estimate of drug-likeness (QED) is 0.839. The molecule has 0 saturated heterocycles. The molecule has 0 atom stereocenters. The van der Waals surface area contributed by atoms with Gasteiger partial charge in [0.2, 0.25) is 0 Å². The van der Waals surface area contributed by atoms with Gasteiger partial charge in [-0.25, -0.2) is 4.79 Å². The van der Waals surface area contributed by atoms with Crippen LogP contribution in [0.5, 0.6) is 0 Å². The molecule has 1 aromatic carbocycles. The lowest BCUT2D eigenvalue weighted by molar-refractivity contribution is 0.0696. The molecule has 1 aromatic heterocycles. The van der Waals surface area contributed by atoms with Gasteiger partial charge in [0.1, 0.15) is 0 Å². The van der Waals surface area contributed by atoms with Crippen molar-refractivity contribution in [1.82, 2.24) is 0 Å². The molecule has 0 radical (unpaired) electrons. The van der Waals surface area contributed by atoms with E-state index in [-0.39, 0.29) is 5.41 Å². The second kappa shape index (κ2) is 6.69. The first-order valence-electron chi connectivity index (χ1n) is 8.58. The van der Waals surface area contributed by atoms with Crippen molar-refractivity contribution in [2.75, 3.05) is 6.54 Å². The predicted molar refractivity (Wildman–Crippen MR) is 99.9 cm³/mol. The van der Waals surface area contributed by atoms with E-state index in [1.165, 1.54) is 10.4 Å². The molecule has 24 heavy (non-hydrogen) atoms. The highest BCUT2D eigenvalue weighted by Gasteiger charge is 2.32. The van der Waals surface area contributed by atoms with Gasteiger partial charge < -0.3 is 10.8 Å². The molecule has 0 bridgehead atoms. The highest BCUT2D eigenvalue weighted by atomic mass is 32.1. The van der Waals surface area contributed by atoms with Crippen LogP contribution in [0.15, 0.2) is 24.3 Å². The molecule has 3 nitrogen and oxygen atoms in total. The SMILES string of the molecule is CC1(C)CCc2sc(-c3ccc(CCCN)cc3)c(C(=O)O)c2C1. The van der Waals surface area contributed by atoms with Gasteiger partial charge >= 0.3 is 5.97 Å². The highest BCUT2D eigenvalue weighted by molar-refractivity contribution is 7.16. The number of carbonyl (C=O) groups is 1. The van der Waals surface area contributed by atoms with Gasteiger partial charge in [-0.2, -0.15) is 0 Å². The topological polar surface area (TPSA) is 63.3 Å².